The van der Waals surface area contributed by atoms with Gasteiger partial charge in [-0.25, -0.2) is 0 Å². The Morgan fingerprint density at radius 3 is 2.54 bits per heavy atom. The van der Waals surface area contributed by atoms with Crippen LogP contribution in [0.3, 0.4) is 0 Å². The van der Waals surface area contributed by atoms with Crippen molar-refractivity contribution in [1.82, 2.24) is 10.2 Å². The summed E-state index contributed by atoms with van der Waals surface area (Å²) in [7, 11) is 3.72. The number of allylic oxidation sites excluding steroid dienone is 2. The Morgan fingerprint density at radius 1 is 1.42 bits per heavy atom. The quantitative estimate of drug-likeness (QED) is 0.631. The van der Waals surface area contributed by atoms with Crippen LogP contribution in [-0.2, 0) is 9.53 Å². The largest absolute Gasteiger partial charge is 0.386 e. The second kappa shape index (κ2) is 9.77. The molecule has 0 aromatic carbocycles. The van der Waals surface area contributed by atoms with Crippen LogP contribution in [0.1, 0.15) is 26.7 Å². The van der Waals surface area contributed by atoms with E-state index in [1.54, 1.807) is 32.3 Å². The summed E-state index contributed by atoms with van der Waals surface area (Å²) in [5.74, 6) is -0.415. The zero-order chi connectivity index (χ0) is 18.3. The number of ether oxygens (including phenoxy) is 1. The van der Waals surface area contributed by atoms with Crippen LogP contribution >= 0.6 is 0 Å². The van der Waals surface area contributed by atoms with Gasteiger partial charge in [0.15, 0.2) is 0 Å². The van der Waals surface area contributed by atoms with Crippen LogP contribution in [-0.4, -0.2) is 60.9 Å². The molecule has 0 spiro atoms. The van der Waals surface area contributed by atoms with E-state index in [0.717, 1.165) is 19.4 Å². The maximum atomic E-state index is 12.6. The van der Waals surface area contributed by atoms with Crippen LogP contribution in [0.4, 0.5) is 0 Å². The molecule has 1 rings (SSSR count). The number of aliphatic hydroxyl groups is 1. The molecule has 0 bridgehead atoms. The number of nitrogens with zero attached hydrogens (tertiary/aromatic N) is 1. The first-order valence-corrected chi connectivity index (χ1v) is 8.53. The molecule has 1 aliphatic heterocycles. The maximum Gasteiger partial charge on any atom is 0.225 e. The van der Waals surface area contributed by atoms with E-state index in [1.807, 2.05) is 6.92 Å². The second-order valence-corrected chi connectivity index (χ2v) is 6.53. The summed E-state index contributed by atoms with van der Waals surface area (Å²) in [5, 5.41) is 13.2. The number of methoxy groups -OCH3 is 1. The van der Waals surface area contributed by atoms with Crippen molar-refractivity contribution in [3.8, 4) is 0 Å². The van der Waals surface area contributed by atoms with E-state index in [9.17, 15) is 9.90 Å². The number of hydrogen-bond acceptors (Lipinski definition) is 4. The van der Waals surface area contributed by atoms with E-state index in [-0.39, 0.29) is 24.0 Å². The van der Waals surface area contributed by atoms with Crippen molar-refractivity contribution in [2.24, 2.45) is 5.92 Å². The molecule has 2 N–H and O–H groups in total. The van der Waals surface area contributed by atoms with Crippen molar-refractivity contribution in [2.45, 2.75) is 51.0 Å². The number of likely N-dealkylation sites (tertiary alicyclic amines) is 1. The van der Waals surface area contributed by atoms with Crippen molar-refractivity contribution in [3.05, 3.63) is 37.0 Å². The standard InChI is InChI=1S/C19H32N2O3/c1-7-10-15(8-2)17(22)14(4)20-19(23)13(3)18(24-6)16-11-9-12-21(16)5/h7-8,10,13-14,16-18,22H,1-2,9,11-12H2,3-6H3,(H,20,23)/b15-10+. The molecule has 1 fully saturated rings. The summed E-state index contributed by atoms with van der Waals surface area (Å²) < 4.78 is 5.63. The monoisotopic (exact) mass is 336 g/mol. The first-order chi connectivity index (χ1) is 11.4. The predicted molar refractivity (Wildman–Crippen MR) is 97.7 cm³/mol. The number of carbonyl (C=O) groups excluding carboxylic acids is 1. The van der Waals surface area contributed by atoms with Gasteiger partial charge in [0.25, 0.3) is 0 Å². The van der Waals surface area contributed by atoms with Gasteiger partial charge in [0.1, 0.15) is 0 Å². The van der Waals surface area contributed by atoms with Gasteiger partial charge in [-0.15, -0.1) is 0 Å². The molecule has 5 heteroatoms. The molecule has 0 saturated carbocycles. The molecule has 0 aromatic rings. The molecule has 0 aliphatic carbocycles. The molecule has 1 amide bonds. The Morgan fingerprint density at radius 2 is 2.08 bits per heavy atom. The molecule has 5 nitrogen and oxygen atoms in total. The lowest BCUT2D eigenvalue weighted by Crippen LogP contribution is -2.50. The number of likely N-dealkylation sites (N-methyl/N-ethyl adjacent to an activating group) is 1. The van der Waals surface area contributed by atoms with E-state index in [0.29, 0.717) is 5.57 Å². The highest BCUT2D eigenvalue weighted by atomic mass is 16.5. The highest BCUT2D eigenvalue weighted by molar-refractivity contribution is 5.79. The molecule has 136 valence electrons. The minimum Gasteiger partial charge on any atom is -0.386 e. The molecule has 1 saturated heterocycles. The fourth-order valence-corrected chi connectivity index (χ4v) is 3.34. The van der Waals surface area contributed by atoms with E-state index >= 15 is 0 Å². The van der Waals surface area contributed by atoms with Crippen molar-refractivity contribution < 1.29 is 14.6 Å². The van der Waals surface area contributed by atoms with E-state index in [1.165, 1.54) is 0 Å². The lowest BCUT2D eigenvalue weighted by atomic mass is 9.94. The smallest absolute Gasteiger partial charge is 0.225 e. The van der Waals surface area contributed by atoms with Gasteiger partial charge in [0, 0.05) is 13.2 Å². The summed E-state index contributed by atoms with van der Waals surface area (Å²) in [5.41, 5.74) is 0.629. The maximum absolute atomic E-state index is 12.6. The van der Waals surface area contributed by atoms with Crippen LogP contribution < -0.4 is 5.32 Å². The fraction of sp³-hybridized carbons (Fsp3) is 0.632. The van der Waals surface area contributed by atoms with Gasteiger partial charge in [0.05, 0.1) is 24.2 Å². The fourth-order valence-electron chi connectivity index (χ4n) is 3.34. The minimum absolute atomic E-state index is 0.115. The molecular formula is C19H32N2O3. The van der Waals surface area contributed by atoms with Crippen LogP contribution in [0.2, 0.25) is 0 Å². The van der Waals surface area contributed by atoms with Crippen LogP contribution in [0.5, 0.6) is 0 Å². The van der Waals surface area contributed by atoms with Crippen LogP contribution in [0.25, 0.3) is 0 Å². The average molecular weight is 336 g/mol. The first kappa shape index (κ1) is 20.6. The summed E-state index contributed by atoms with van der Waals surface area (Å²) in [4.78, 5) is 14.9. The van der Waals surface area contributed by atoms with Gasteiger partial charge in [-0.1, -0.05) is 38.3 Å². The predicted octanol–water partition coefficient (Wildman–Crippen LogP) is 1.90. The minimum atomic E-state index is -0.827. The number of rotatable bonds is 9. The summed E-state index contributed by atoms with van der Waals surface area (Å²) >= 11 is 0. The molecular weight excluding hydrogens is 304 g/mol. The van der Waals surface area contributed by atoms with Gasteiger partial charge < -0.3 is 20.1 Å². The Bertz CT molecular complexity index is 475. The second-order valence-electron chi connectivity index (χ2n) is 6.53. The lowest BCUT2D eigenvalue weighted by Gasteiger charge is -2.32. The third kappa shape index (κ3) is 5.03. The highest BCUT2D eigenvalue weighted by Gasteiger charge is 2.36. The third-order valence-corrected chi connectivity index (χ3v) is 4.87. The average Bonchev–Trinajstić information content (AvgIpc) is 2.98. The zero-order valence-corrected chi connectivity index (χ0v) is 15.4. The number of nitrogens with one attached hydrogen (secondary N) is 1. The van der Waals surface area contributed by atoms with E-state index in [2.05, 4.69) is 30.4 Å². The molecule has 1 aliphatic rings. The Labute approximate surface area is 146 Å². The molecule has 1 heterocycles. The van der Waals surface area contributed by atoms with Gasteiger partial charge in [0.2, 0.25) is 5.91 Å². The molecule has 24 heavy (non-hydrogen) atoms. The summed E-state index contributed by atoms with van der Waals surface area (Å²) in [6.07, 6.45) is 6.02. The molecule has 5 unspecified atom stereocenters. The number of carbonyl (C=O) groups is 1. The SMILES string of the molecule is C=C/C=C(\C=C)C(O)C(C)NC(=O)C(C)C(OC)C1CCCN1C. The van der Waals surface area contributed by atoms with Gasteiger partial charge >= 0.3 is 0 Å². The van der Waals surface area contributed by atoms with Crippen molar-refractivity contribution in [2.75, 3.05) is 20.7 Å². The number of hydrogen-bond donors (Lipinski definition) is 2. The van der Waals surface area contributed by atoms with Crippen LogP contribution in [0, 0.1) is 5.92 Å². The Balaban J connectivity index is 2.72. The zero-order valence-electron chi connectivity index (χ0n) is 15.4. The van der Waals surface area contributed by atoms with Gasteiger partial charge in [-0.05, 0) is 38.9 Å². The molecule has 0 radical (unpaired) electrons. The third-order valence-electron chi connectivity index (χ3n) is 4.87. The molecule has 0 aromatic heterocycles. The Hall–Kier alpha value is -1.43. The normalized spacial score (nSPS) is 24.0. The van der Waals surface area contributed by atoms with Gasteiger partial charge in [-0.3, -0.25) is 4.79 Å². The Kier molecular flexibility index (Phi) is 8.39. The summed E-state index contributed by atoms with van der Waals surface area (Å²) in [6.45, 7) is 12.0. The van der Waals surface area contributed by atoms with Gasteiger partial charge in [-0.2, -0.15) is 0 Å². The van der Waals surface area contributed by atoms with E-state index in [4.69, 9.17) is 4.74 Å². The lowest BCUT2D eigenvalue weighted by molar-refractivity contribution is -0.131. The summed E-state index contributed by atoms with van der Waals surface area (Å²) in [6, 6.07) is -0.177. The number of aliphatic hydroxyl groups excluding tert-OH is 1. The van der Waals surface area contributed by atoms with E-state index < -0.39 is 12.1 Å². The molecule has 5 atom stereocenters. The van der Waals surface area contributed by atoms with Crippen LogP contribution in [0.15, 0.2) is 37.0 Å². The number of amides is 1. The topological polar surface area (TPSA) is 61.8 Å². The highest BCUT2D eigenvalue weighted by Crippen LogP contribution is 2.25. The van der Waals surface area contributed by atoms with Crippen molar-refractivity contribution >= 4 is 5.91 Å². The first-order valence-electron chi connectivity index (χ1n) is 8.53. The van der Waals surface area contributed by atoms with Crippen molar-refractivity contribution in [1.29, 1.82) is 0 Å². The van der Waals surface area contributed by atoms with Crippen molar-refractivity contribution in [3.63, 3.8) is 0 Å².